The molecule has 0 aliphatic rings. The molecule has 0 fully saturated rings. The highest BCUT2D eigenvalue weighted by Crippen LogP contribution is 2.25. The van der Waals surface area contributed by atoms with Crippen molar-refractivity contribution in [2.75, 3.05) is 20.3 Å². The molecule has 4 heteroatoms. The van der Waals surface area contributed by atoms with Crippen LogP contribution in [0.2, 0.25) is 0 Å². The van der Waals surface area contributed by atoms with Crippen LogP contribution in [0.15, 0.2) is 42.6 Å². The van der Waals surface area contributed by atoms with Crippen LogP contribution in [0, 0.1) is 0 Å². The molecule has 0 radical (unpaired) electrons. The van der Waals surface area contributed by atoms with Gasteiger partial charge < -0.3 is 14.8 Å². The van der Waals surface area contributed by atoms with Gasteiger partial charge in [-0.15, -0.1) is 0 Å². The van der Waals surface area contributed by atoms with Crippen molar-refractivity contribution in [3.8, 4) is 11.5 Å². The summed E-state index contributed by atoms with van der Waals surface area (Å²) in [4.78, 5) is 4.30. The molecule has 112 valence electrons. The largest absolute Gasteiger partial charge is 0.497 e. The predicted molar refractivity (Wildman–Crippen MR) is 83.8 cm³/mol. The molecule has 0 aliphatic heterocycles. The summed E-state index contributed by atoms with van der Waals surface area (Å²) in [6.07, 6.45) is 2.59. The smallest absolute Gasteiger partial charge is 0.127 e. The maximum Gasteiger partial charge on any atom is 0.127 e. The fourth-order valence-electron chi connectivity index (χ4n) is 2.01. The van der Waals surface area contributed by atoms with E-state index in [-0.39, 0.29) is 0 Å². The predicted octanol–water partition coefficient (Wildman–Crippen LogP) is 2.82. The zero-order valence-electron chi connectivity index (χ0n) is 12.6. The summed E-state index contributed by atoms with van der Waals surface area (Å²) >= 11 is 0. The second-order valence-corrected chi connectivity index (χ2v) is 4.67. The minimum absolute atomic E-state index is 0.601. The fourth-order valence-corrected chi connectivity index (χ4v) is 2.01. The van der Waals surface area contributed by atoms with Gasteiger partial charge >= 0.3 is 0 Å². The molecule has 0 unspecified atom stereocenters. The van der Waals surface area contributed by atoms with E-state index in [9.17, 15) is 0 Å². The Morgan fingerprint density at radius 2 is 2.10 bits per heavy atom. The van der Waals surface area contributed by atoms with Crippen LogP contribution in [0.5, 0.6) is 11.5 Å². The molecular formula is C17H22N2O2. The van der Waals surface area contributed by atoms with E-state index < -0.39 is 0 Å². The minimum atomic E-state index is 0.601. The first-order valence-corrected chi connectivity index (χ1v) is 7.24. The van der Waals surface area contributed by atoms with Crippen LogP contribution < -0.4 is 14.8 Å². The van der Waals surface area contributed by atoms with Gasteiger partial charge in [-0.3, -0.25) is 4.98 Å². The molecule has 1 aromatic heterocycles. The van der Waals surface area contributed by atoms with Crippen molar-refractivity contribution in [2.24, 2.45) is 0 Å². The molecule has 1 aromatic carbocycles. The Kier molecular flexibility index (Phi) is 6.03. The zero-order valence-corrected chi connectivity index (χ0v) is 12.6. The van der Waals surface area contributed by atoms with Gasteiger partial charge in [-0.25, -0.2) is 0 Å². The van der Waals surface area contributed by atoms with Crippen LogP contribution in [0.3, 0.4) is 0 Å². The van der Waals surface area contributed by atoms with Gasteiger partial charge in [-0.1, -0.05) is 19.1 Å². The Hall–Kier alpha value is -2.07. The molecule has 0 saturated heterocycles. The van der Waals surface area contributed by atoms with Crippen LogP contribution in [-0.4, -0.2) is 25.2 Å². The number of hydrogen-bond acceptors (Lipinski definition) is 4. The topological polar surface area (TPSA) is 43.4 Å². The standard InChI is InChI=1S/C17H22N2O2/c1-3-18-13-14-7-8-16(20-2)12-17(14)21-11-9-15-6-4-5-10-19-15/h4-8,10,12,18H,3,9,11,13H2,1-2H3. The van der Waals surface area contributed by atoms with Crippen molar-refractivity contribution >= 4 is 0 Å². The molecule has 0 spiro atoms. The van der Waals surface area contributed by atoms with Gasteiger partial charge in [-0.05, 0) is 24.7 Å². The Bertz CT molecular complexity index is 544. The van der Waals surface area contributed by atoms with Gasteiger partial charge in [-0.2, -0.15) is 0 Å². The van der Waals surface area contributed by atoms with E-state index in [1.165, 1.54) is 0 Å². The number of methoxy groups -OCH3 is 1. The van der Waals surface area contributed by atoms with Crippen molar-refractivity contribution in [2.45, 2.75) is 19.9 Å². The lowest BCUT2D eigenvalue weighted by Gasteiger charge is -2.13. The lowest BCUT2D eigenvalue weighted by atomic mass is 10.2. The number of nitrogens with one attached hydrogen (secondary N) is 1. The number of rotatable bonds is 8. The summed E-state index contributed by atoms with van der Waals surface area (Å²) in [5.74, 6) is 1.68. The molecule has 0 bridgehead atoms. The SMILES string of the molecule is CCNCc1ccc(OC)cc1OCCc1ccccn1. The molecule has 21 heavy (non-hydrogen) atoms. The van der Waals surface area contributed by atoms with E-state index in [0.29, 0.717) is 6.61 Å². The van der Waals surface area contributed by atoms with Crippen molar-refractivity contribution in [3.05, 3.63) is 53.9 Å². The van der Waals surface area contributed by atoms with E-state index >= 15 is 0 Å². The first-order chi connectivity index (χ1) is 10.3. The third kappa shape index (κ3) is 4.76. The summed E-state index contributed by atoms with van der Waals surface area (Å²) in [6, 6.07) is 11.8. The quantitative estimate of drug-likeness (QED) is 0.810. The lowest BCUT2D eigenvalue weighted by molar-refractivity contribution is 0.313. The molecule has 0 aliphatic carbocycles. The molecule has 2 aromatic rings. The monoisotopic (exact) mass is 286 g/mol. The van der Waals surface area contributed by atoms with E-state index in [2.05, 4.69) is 17.2 Å². The van der Waals surface area contributed by atoms with E-state index in [0.717, 1.165) is 42.3 Å². The second-order valence-electron chi connectivity index (χ2n) is 4.67. The van der Waals surface area contributed by atoms with Crippen LogP contribution in [0.4, 0.5) is 0 Å². The second kappa shape index (κ2) is 8.27. The van der Waals surface area contributed by atoms with Gasteiger partial charge in [0.15, 0.2) is 0 Å². The maximum atomic E-state index is 5.92. The summed E-state index contributed by atoms with van der Waals surface area (Å²) < 4.78 is 11.2. The summed E-state index contributed by atoms with van der Waals surface area (Å²) in [5.41, 5.74) is 2.17. The first-order valence-electron chi connectivity index (χ1n) is 7.24. The normalized spacial score (nSPS) is 10.4. The molecular weight excluding hydrogens is 264 g/mol. The highest BCUT2D eigenvalue weighted by molar-refractivity contribution is 5.40. The fraction of sp³-hybridized carbons (Fsp3) is 0.353. The van der Waals surface area contributed by atoms with Crippen molar-refractivity contribution in [1.82, 2.24) is 10.3 Å². The Morgan fingerprint density at radius 3 is 2.81 bits per heavy atom. The average molecular weight is 286 g/mol. The first kappa shape index (κ1) is 15.3. The van der Waals surface area contributed by atoms with Crippen LogP contribution in [0.1, 0.15) is 18.2 Å². The maximum absolute atomic E-state index is 5.92. The molecule has 1 N–H and O–H groups in total. The van der Waals surface area contributed by atoms with Crippen molar-refractivity contribution < 1.29 is 9.47 Å². The summed E-state index contributed by atoms with van der Waals surface area (Å²) in [7, 11) is 1.66. The lowest BCUT2D eigenvalue weighted by Crippen LogP contribution is -2.13. The summed E-state index contributed by atoms with van der Waals surface area (Å²) in [6.45, 7) is 4.41. The number of pyridine rings is 1. The molecule has 1 heterocycles. The molecule has 0 atom stereocenters. The Balaban J connectivity index is 1.99. The van der Waals surface area contributed by atoms with Gasteiger partial charge in [0.25, 0.3) is 0 Å². The minimum Gasteiger partial charge on any atom is -0.497 e. The third-order valence-corrected chi connectivity index (χ3v) is 3.18. The van der Waals surface area contributed by atoms with Crippen LogP contribution in [-0.2, 0) is 13.0 Å². The van der Waals surface area contributed by atoms with E-state index in [1.807, 2.05) is 36.4 Å². The van der Waals surface area contributed by atoms with E-state index in [1.54, 1.807) is 13.3 Å². The van der Waals surface area contributed by atoms with Crippen LogP contribution in [0.25, 0.3) is 0 Å². The molecule has 0 amide bonds. The van der Waals surface area contributed by atoms with Gasteiger partial charge in [0.2, 0.25) is 0 Å². The van der Waals surface area contributed by atoms with Gasteiger partial charge in [0.1, 0.15) is 11.5 Å². The number of hydrogen-bond donors (Lipinski definition) is 1. The highest BCUT2D eigenvalue weighted by Gasteiger charge is 2.06. The van der Waals surface area contributed by atoms with Gasteiger partial charge in [0.05, 0.1) is 13.7 Å². The number of benzene rings is 1. The Labute approximate surface area is 126 Å². The van der Waals surface area contributed by atoms with Gasteiger partial charge in [0, 0.05) is 36.5 Å². The number of nitrogens with zero attached hydrogens (tertiary/aromatic N) is 1. The molecule has 0 saturated carbocycles. The summed E-state index contributed by atoms with van der Waals surface area (Å²) in [5, 5.41) is 3.32. The number of ether oxygens (including phenoxy) is 2. The zero-order chi connectivity index (χ0) is 14.9. The average Bonchev–Trinajstić information content (AvgIpc) is 2.54. The van der Waals surface area contributed by atoms with E-state index in [4.69, 9.17) is 9.47 Å². The number of aromatic nitrogens is 1. The van der Waals surface area contributed by atoms with Crippen molar-refractivity contribution in [3.63, 3.8) is 0 Å². The highest BCUT2D eigenvalue weighted by atomic mass is 16.5. The van der Waals surface area contributed by atoms with Crippen molar-refractivity contribution in [1.29, 1.82) is 0 Å². The molecule has 2 rings (SSSR count). The molecule has 4 nitrogen and oxygen atoms in total. The van der Waals surface area contributed by atoms with Crippen LogP contribution >= 0.6 is 0 Å². The Morgan fingerprint density at radius 1 is 1.19 bits per heavy atom. The third-order valence-electron chi connectivity index (χ3n) is 3.18.